The largest absolute Gasteiger partial charge is 0.487 e. The van der Waals surface area contributed by atoms with E-state index in [9.17, 15) is 0 Å². The summed E-state index contributed by atoms with van der Waals surface area (Å²) in [5, 5.41) is 8.42. The van der Waals surface area contributed by atoms with Crippen LogP contribution in [0, 0.1) is 6.92 Å². The minimum Gasteiger partial charge on any atom is -0.487 e. The molecule has 1 aliphatic rings. The van der Waals surface area contributed by atoms with Crippen LogP contribution in [0.15, 0.2) is 79.0 Å². The van der Waals surface area contributed by atoms with Gasteiger partial charge in [0.1, 0.15) is 23.9 Å². The first-order valence-corrected chi connectivity index (χ1v) is 11.0. The van der Waals surface area contributed by atoms with Crippen molar-refractivity contribution in [3.63, 3.8) is 0 Å². The number of fused-ring (bicyclic) bond motifs is 1. The number of nitrogens with two attached hydrogens (primary N) is 1. The molecule has 3 heterocycles. The van der Waals surface area contributed by atoms with Gasteiger partial charge >= 0.3 is 0 Å². The Morgan fingerprint density at radius 2 is 1.94 bits per heavy atom. The number of aromatic amines is 1. The predicted octanol–water partition coefficient (Wildman–Crippen LogP) is 4.49. The van der Waals surface area contributed by atoms with Gasteiger partial charge in [-0.05, 0) is 42.7 Å². The summed E-state index contributed by atoms with van der Waals surface area (Å²) >= 11 is 0. The second-order valence-corrected chi connectivity index (χ2v) is 8.22. The predicted molar refractivity (Wildman–Crippen MR) is 126 cm³/mol. The minimum atomic E-state index is -0.311. The van der Waals surface area contributed by atoms with Crippen molar-refractivity contribution in [2.45, 2.75) is 31.9 Å². The van der Waals surface area contributed by atoms with Crippen molar-refractivity contribution < 1.29 is 14.2 Å². The van der Waals surface area contributed by atoms with E-state index >= 15 is 0 Å². The molecule has 1 unspecified atom stereocenters. The van der Waals surface area contributed by atoms with Crippen LogP contribution in [0.2, 0.25) is 0 Å². The lowest BCUT2D eigenvalue weighted by atomic mass is 9.99. The summed E-state index contributed by atoms with van der Waals surface area (Å²) in [6.45, 7) is 2.24. The summed E-state index contributed by atoms with van der Waals surface area (Å²) < 4.78 is 17.1. The second-order valence-electron chi connectivity index (χ2n) is 8.22. The Morgan fingerprint density at radius 3 is 2.76 bits per heavy atom. The van der Waals surface area contributed by atoms with Crippen molar-refractivity contribution in [3.8, 4) is 16.9 Å². The van der Waals surface area contributed by atoms with Crippen molar-refractivity contribution >= 4 is 10.9 Å². The number of nitrogens with one attached hydrogen (secondary N) is 1. The molecule has 3 N–H and O–H groups in total. The third-order valence-corrected chi connectivity index (χ3v) is 5.80. The highest BCUT2D eigenvalue weighted by atomic mass is 16.7. The van der Waals surface area contributed by atoms with Gasteiger partial charge in [0.15, 0.2) is 0 Å². The van der Waals surface area contributed by atoms with E-state index in [2.05, 4.69) is 33.4 Å². The average Bonchev–Trinajstić information content (AvgIpc) is 3.49. The molecular weight excluding hydrogens is 416 g/mol. The number of rotatable bonds is 8. The summed E-state index contributed by atoms with van der Waals surface area (Å²) in [6, 6.07) is 18.1. The number of aryl methyl sites for hydroxylation is 1. The fourth-order valence-electron chi connectivity index (χ4n) is 4.01. The van der Waals surface area contributed by atoms with Gasteiger partial charge in [-0.15, -0.1) is 0 Å². The Balaban J connectivity index is 1.39. The Bertz CT molecular complexity index is 1270. The SMILES string of the molecule is Cc1[nH]nc2ccc(-c3cncc(OC(CC4=COCO4)[C@H](N)Cc4ccccc4)c3)cc12. The topological polar surface area (TPSA) is 95.3 Å². The molecule has 2 atom stereocenters. The van der Waals surface area contributed by atoms with Crippen LogP contribution in [0.5, 0.6) is 5.75 Å². The number of ether oxygens (including phenoxy) is 3. The molecule has 0 spiro atoms. The van der Waals surface area contributed by atoms with E-state index in [1.165, 1.54) is 0 Å². The van der Waals surface area contributed by atoms with E-state index in [0.717, 1.165) is 39.0 Å². The summed E-state index contributed by atoms with van der Waals surface area (Å²) in [5.74, 6) is 1.39. The lowest BCUT2D eigenvalue weighted by Gasteiger charge is -2.25. The highest BCUT2D eigenvalue weighted by molar-refractivity contribution is 5.86. The van der Waals surface area contributed by atoms with Crippen LogP contribution in [-0.4, -0.2) is 34.1 Å². The molecule has 0 saturated heterocycles. The standard InChI is InChI=1S/C26H26N4O3/c1-17-23-11-19(7-8-25(23)30-29-17)20-10-21(14-28-13-20)33-26(12-22-15-31-16-32-22)24(27)9-18-5-3-2-4-6-18/h2-8,10-11,13-15,24,26H,9,12,16,27H2,1H3,(H,29,30)/t24-,26?/m1/s1. The fourth-order valence-corrected chi connectivity index (χ4v) is 4.01. The molecule has 33 heavy (non-hydrogen) atoms. The molecule has 2 aromatic carbocycles. The summed E-state index contributed by atoms with van der Waals surface area (Å²) in [4.78, 5) is 4.42. The van der Waals surface area contributed by atoms with Gasteiger partial charge in [-0.25, -0.2) is 0 Å². The Morgan fingerprint density at radius 1 is 1.06 bits per heavy atom. The van der Waals surface area contributed by atoms with Crippen LogP contribution in [0.4, 0.5) is 0 Å². The Hall–Kier alpha value is -3.84. The summed E-state index contributed by atoms with van der Waals surface area (Å²) in [6.07, 6.45) is 6.06. The Labute approximate surface area is 192 Å². The van der Waals surface area contributed by atoms with Crippen LogP contribution in [-0.2, 0) is 15.9 Å². The fraction of sp³-hybridized carbons (Fsp3) is 0.231. The first kappa shape index (κ1) is 21.0. The average molecular weight is 443 g/mol. The van der Waals surface area contributed by atoms with Gasteiger partial charge in [0.25, 0.3) is 0 Å². The number of hydrogen-bond acceptors (Lipinski definition) is 6. The minimum absolute atomic E-state index is 0.225. The first-order valence-electron chi connectivity index (χ1n) is 11.0. The summed E-state index contributed by atoms with van der Waals surface area (Å²) in [5.41, 5.74) is 11.8. The molecule has 0 radical (unpaired) electrons. The highest BCUT2D eigenvalue weighted by Crippen LogP contribution is 2.28. The molecule has 1 aliphatic heterocycles. The molecule has 0 fully saturated rings. The zero-order chi connectivity index (χ0) is 22.6. The van der Waals surface area contributed by atoms with Gasteiger partial charge in [-0.1, -0.05) is 36.4 Å². The highest BCUT2D eigenvalue weighted by Gasteiger charge is 2.24. The molecule has 0 saturated carbocycles. The van der Waals surface area contributed by atoms with Gasteiger partial charge in [0.2, 0.25) is 6.79 Å². The molecule has 7 nitrogen and oxygen atoms in total. The van der Waals surface area contributed by atoms with E-state index in [-0.39, 0.29) is 18.9 Å². The van der Waals surface area contributed by atoms with Crippen LogP contribution in [0.1, 0.15) is 17.7 Å². The van der Waals surface area contributed by atoms with Gasteiger partial charge < -0.3 is 19.9 Å². The second kappa shape index (κ2) is 9.34. The van der Waals surface area contributed by atoms with Crippen LogP contribution in [0.25, 0.3) is 22.0 Å². The van der Waals surface area contributed by atoms with Crippen LogP contribution >= 0.6 is 0 Å². The molecule has 0 aliphatic carbocycles. The smallest absolute Gasteiger partial charge is 0.229 e. The van der Waals surface area contributed by atoms with Crippen molar-refractivity contribution in [1.82, 2.24) is 15.2 Å². The zero-order valence-electron chi connectivity index (χ0n) is 18.4. The van der Waals surface area contributed by atoms with Gasteiger partial charge in [-0.2, -0.15) is 5.10 Å². The Kier molecular flexibility index (Phi) is 5.95. The first-order chi connectivity index (χ1) is 16.2. The molecule has 5 rings (SSSR count). The number of nitrogens with zero attached hydrogens (tertiary/aromatic N) is 2. The van der Waals surface area contributed by atoms with E-state index in [0.29, 0.717) is 18.6 Å². The van der Waals surface area contributed by atoms with Gasteiger partial charge in [0, 0.05) is 35.3 Å². The maximum absolute atomic E-state index is 6.61. The van der Waals surface area contributed by atoms with Crippen molar-refractivity contribution in [2.75, 3.05) is 6.79 Å². The van der Waals surface area contributed by atoms with Crippen LogP contribution in [0.3, 0.4) is 0 Å². The van der Waals surface area contributed by atoms with Crippen molar-refractivity contribution in [3.05, 3.63) is 90.3 Å². The molecule has 7 heteroatoms. The van der Waals surface area contributed by atoms with E-state index in [4.69, 9.17) is 19.9 Å². The van der Waals surface area contributed by atoms with Crippen LogP contribution < -0.4 is 10.5 Å². The number of H-pyrrole nitrogens is 1. The quantitative estimate of drug-likeness (QED) is 0.418. The number of pyridine rings is 1. The molecule has 2 aromatic heterocycles. The van der Waals surface area contributed by atoms with Gasteiger partial charge in [-0.3, -0.25) is 10.1 Å². The van der Waals surface area contributed by atoms with Gasteiger partial charge in [0.05, 0.1) is 11.7 Å². The maximum Gasteiger partial charge on any atom is 0.229 e. The number of hydrogen-bond donors (Lipinski definition) is 2. The maximum atomic E-state index is 6.61. The monoisotopic (exact) mass is 442 g/mol. The third-order valence-electron chi connectivity index (χ3n) is 5.80. The molecule has 0 bridgehead atoms. The van der Waals surface area contributed by atoms with E-state index < -0.39 is 0 Å². The van der Waals surface area contributed by atoms with E-state index in [1.54, 1.807) is 12.5 Å². The molecular formula is C26H26N4O3. The third kappa shape index (κ3) is 4.83. The molecule has 168 valence electrons. The lowest BCUT2D eigenvalue weighted by Crippen LogP contribution is -2.41. The van der Waals surface area contributed by atoms with Crippen molar-refractivity contribution in [1.29, 1.82) is 0 Å². The summed E-state index contributed by atoms with van der Waals surface area (Å²) in [7, 11) is 0. The number of benzene rings is 2. The molecule has 0 amide bonds. The lowest BCUT2D eigenvalue weighted by molar-refractivity contribution is 0.0674. The number of aromatic nitrogens is 3. The normalized spacial score (nSPS) is 14.9. The zero-order valence-corrected chi connectivity index (χ0v) is 18.4. The molecule has 4 aromatic rings. The van der Waals surface area contributed by atoms with Crippen molar-refractivity contribution in [2.24, 2.45) is 5.73 Å². The van der Waals surface area contributed by atoms with E-state index in [1.807, 2.05) is 49.5 Å².